The monoisotopic (exact) mass is 385 g/mol. The number of benzene rings is 2. The summed E-state index contributed by atoms with van der Waals surface area (Å²) in [7, 11) is 0. The van der Waals surface area contributed by atoms with Crippen molar-refractivity contribution < 1.29 is 14.4 Å². The summed E-state index contributed by atoms with van der Waals surface area (Å²) >= 11 is 5.86. The number of nitrogens with zero attached hydrogens (tertiary/aromatic N) is 1. The first-order chi connectivity index (χ1) is 12.9. The number of urea groups is 1. The number of hydrogen-bond acceptors (Lipinski definition) is 3. The molecule has 0 spiro atoms. The minimum Gasteiger partial charge on any atom is -0.348 e. The summed E-state index contributed by atoms with van der Waals surface area (Å²) < 4.78 is 0. The topological polar surface area (TPSA) is 78.5 Å². The van der Waals surface area contributed by atoms with Crippen LogP contribution in [0.25, 0.3) is 0 Å². The smallest absolute Gasteiger partial charge is 0.325 e. The van der Waals surface area contributed by atoms with Gasteiger partial charge in [-0.25, -0.2) is 4.79 Å². The first-order valence-corrected chi connectivity index (χ1v) is 9.02. The molecule has 6 nitrogen and oxygen atoms in total. The first kappa shape index (κ1) is 18.9. The Labute approximate surface area is 162 Å². The van der Waals surface area contributed by atoms with Crippen LogP contribution in [0.4, 0.5) is 4.79 Å². The van der Waals surface area contributed by atoms with Gasteiger partial charge in [0.05, 0.1) is 6.04 Å². The lowest BCUT2D eigenvalue weighted by atomic mass is 10.1. The van der Waals surface area contributed by atoms with Crippen LogP contribution in [0.5, 0.6) is 0 Å². The molecule has 2 N–H and O–H groups in total. The maximum absolute atomic E-state index is 12.5. The van der Waals surface area contributed by atoms with Gasteiger partial charge in [-0.2, -0.15) is 0 Å². The fourth-order valence-corrected chi connectivity index (χ4v) is 3.11. The minimum atomic E-state index is -0.651. The Balaban J connectivity index is 1.58. The maximum atomic E-state index is 12.5. The molecule has 140 valence electrons. The average molecular weight is 386 g/mol. The first-order valence-electron chi connectivity index (χ1n) is 8.64. The maximum Gasteiger partial charge on any atom is 0.325 e. The molecule has 7 heteroatoms. The number of amides is 4. The van der Waals surface area contributed by atoms with Crippen molar-refractivity contribution in [3.8, 4) is 0 Å². The highest BCUT2D eigenvalue weighted by molar-refractivity contribution is 6.30. The van der Waals surface area contributed by atoms with E-state index < -0.39 is 23.9 Å². The van der Waals surface area contributed by atoms with Crippen molar-refractivity contribution >= 4 is 29.4 Å². The van der Waals surface area contributed by atoms with Gasteiger partial charge in [0.25, 0.3) is 5.91 Å². The van der Waals surface area contributed by atoms with E-state index in [4.69, 9.17) is 11.6 Å². The standard InChI is InChI=1S/C20H20ClN3O3/c1-13(15-7-9-16(21)10-8-15)22-18(25)12-24-19(26)17(23-20(24)27)11-14-5-3-2-4-6-14/h2-10,13,17H,11-12H2,1H3,(H,22,25)(H,23,27). The van der Waals surface area contributed by atoms with Crippen LogP contribution in [0.3, 0.4) is 0 Å². The van der Waals surface area contributed by atoms with Crippen molar-refractivity contribution in [2.45, 2.75) is 25.4 Å². The average Bonchev–Trinajstić information content (AvgIpc) is 2.90. The van der Waals surface area contributed by atoms with Crippen molar-refractivity contribution in [1.82, 2.24) is 15.5 Å². The van der Waals surface area contributed by atoms with Crippen LogP contribution in [0.15, 0.2) is 54.6 Å². The number of carbonyl (C=O) groups excluding carboxylic acids is 3. The van der Waals surface area contributed by atoms with E-state index >= 15 is 0 Å². The number of nitrogens with one attached hydrogen (secondary N) is 2. The van der Waals surface area contributed by atoms with Gasteiger partial charge in [-0.1, -0.05) is 54.1 Å². The highest BCUT2D eigenvalue weighted by Gasteiger charge is 2.38. The van der Waals surface area contributed by atoms with Gasteiger partial charge in [-0.05, 0) is 30.2 Å². The molecule has 1 aliphatic heterocycles. The van der Waals surface area contributed by atoms with E-state index in [2.05, 4.69) is 10.6 Å². The van der Waals surface area contributed by atoms with Gasteiger partial charge < -0.3 is 10.6 Å². The second-order valence-corrected chi connectivity index (χ2v) is 6.89. The summed E-state index contributed by atoms with van der Waals surface area (Å²) in [5, 5.41) is 6.05. The lowest BCUT2D eigenvalue weighted by Gasteiger charge is -2.17. The number of halogens is 1. The molecule has 27 heavy (non-hydrogen) atoms. The lowest BCUT2D eigenvalue weighted by Crippen LogP contribution is -2.42. The molecule has 0 saturated carbocycles. The summed E-state index contributed by atoms with van der Waals surface area (Å²) in [5.41, 5.74) is 1.82. The molecular formula is C20H20ClN3O3. The Kier molecular flexibility index (Phi) is 5.76. The molecule has 2 aromatic carbocycles. The number of hydrogen-bond donors (Lipinski definition) is 2. The van der Waals surface area contributed by atoms with Crippen LogP contribution in [0, 0.1) is 0 Å². The zero-order chi connectivity index (χ0) is 19.4. The molecule has 1 fully saturated rings. The van der Waals surface area contributed by atoms with Crippen molar-refractivity contribution in [3.63, 3.8) is 0 Å². The third-order valence-corrected chi connectivity index (χ3v) is 4.69. The summed E-state index contributed by atoms with van der Waals surface area (Å²) in [5.74, 6) is -0.792. The van der Waals surface area contributed by atoms with Crippen LogP contribution in [0.1, 0.15) is 24.1 Å². The fraction of sp³-hybridized carbons (Fsp3) is 0.250. The van der Waals surface area contributed by atoms with E-state index in [1.54, 1.807) is 12.1 Å². The van der Waals surface area contributed by atoms with Crippen LogP contribution in [0.2, 0.25) is 5.02 Å². The molecule has 0 radical (unpaired) electrons. The molecule has 4 amide bonds. The van der Waals surface area contributed by atoms with Gasteiger partial charge in [-0.3, -0.25) is 14.5 Å². The largest absolute Gasteiger partial charge is 0.348 e. The summed E-state index contributed by atoms with van der Waals surface area (Å²) in [4.78, 5) is 37.9. The molecule has 3 rings (SSSR count). The van der Waals surface area contributed by atoms with E-state index in [0.717, 1.165) is 16.0 Å². The molecule has 0 aromatic heterocycles. The zero-order valence-corrected chi connectivity index (χ0v) is 15.6. The molecule has 0 bridgehead atoms. The Morgan fingerprint density at radius 3 is 2.48 bits per heavy atom. The van der Waals surface area contributed by atoms with E-state index in [1.165, 1.54) is 0 Å². The number of rotatable bonds is 6. The molecule has 2 unspecified atom stereocenters. The third-order valence-electron chi connectivity index (χ3n) is 4.44. The molecular weight excluding hydrogens is 366 g/mol. The highest BCUT2D eigenvalue weighted by atomic mass is 35.5. The Hall–Kier alpha value is -2.86. The third kappa shape index (κ3) is 4.65. The van der Waals surface area contributed by atoms with E-state index in [-0.39, 0.29) is 12.6 Å². The van der Waals surface area contributed by atoms with Crippen molar-refractivity contribution in [2.75, 3.05) is 6.54 Å². The van der Waals surface area contributed by atoms with Crippen LogP contribution in [-0.4, -0.2) is 35.3 Å². The molecule has 1 aliphatic rings. The quantitative estimate of drug-likeness (QED) is 0.750. The van der Waals surface area contributed by atoms with Gasteiger partial charge in [0.15, 0.2) is 0 Å². The summed E-state index contributed by atoms with van der Waals surface area (Å²) in [6, 6.07) is 15.1. The normalized spacial score (nSPS) is 17.6. The highest BCUT2D eigenvalue weighted by Crippen LogP contribution is 2.16. The molecule has 2 aromatic rings. The van der Waals surface area contributed by atoms with Crippen LogP contribution >= 0.6 is 11.6 Å². The zero-order valence-electron chi connectivity index (χ0n) is 14.8. The Morgan fingerprint density at radius 2 is 1.81 bits per heavy atom. The SMILES string of the molecule is CC(NC(=O)CN1C(=O)NC(Cc2ccccc2)C1=O)c1ccc(Cl)cc1. The summed E-state index contributed by atoms with van der Waals surface area (Å²) in [6.07, 6.45) is 0.394. The second kappa shape index (κ2) is 8.22. The van der Waals surface area contributed by atoms with Gasteiger partial charge >= 0.3 is 6.03 Å². The lowest BCUT2D eigenvalue weighted by molar-refractivity contribution is -0.132. The Morgan fingerprint density at radius 1 is 1.15 bits per heavy atom. The second-order valence-electron chi connectivity index (χ2n) is 6.46. The van der Waals surface area contributed by atoms with Gasteiger partial charge in [-0.15, -0.1) is 0 Å². The predicted octanol–water partition coefficient (Wildman–Crippen LogP) is 2.68. The van der Waals surface area contributed by atoms with Gasteiger partial charge in [0, 0.05) is 11.4 Å². The molecule has 0 aliphatic carbocycles. The molecule has 2 atom stereocenters. The fourth-order valence-electron chi connectivity index (χ4n) is 2.98. The Bertz CT molecular complexity index is 839. The van der Waals surface area contributed by atoms with Crippen molar-refractivity contribution in [1.29, 1.82) is 0 Å². The number of carbonyl (C=O) groups is 3. The molecule has 1 saturated heterocycles. The van der Waals surface area contributed by atoms with Crippen LogP contribution < -0.4 is 10.6 Å². The minimum absolute atomic E-state index is 0.268. The van der Waals surface area contributed by atoms with Crippen LogP contribution in [-0.2, 0) is 16.0 Å². The molecule has 1 heterocycles. The summed E-state index contributed by atoms with van der Waals surface area (Å²) in [6.45, 7) is 1.51. The van der Waals surface area contributed by atoms with E-state index in [9.17, 15) is 14.4 Å². The van der Waals surface area contributed by atoms with E-state index in [0.29, 0.717) is 11.4 Å². The number of imide groups is 1. The van der Waals surface area contributed by atoms with Crippen molar-refractivity contribution in [2.24, 2.45) is 0 Å². The predicted molar refractivity (Wildman–Crippen MR) is 102 cm³/mol. The van der Waals surface area contributed by atoms with Crippen molar-refractivity contribution in [3.05, 3.63) is 70.7 Å². The van der Waals surface area contributed by atoms with Gasteiger partial charge in [0.1, 0.15) is 12.6 Å². The van der Waals surface area contributed by atoms with Gasteiger partial charge in [0.2, 0.25) is 5.91 Å². The van der Waals surface area contributed by atoms with E-state index in [1.807, 2.05) is 49.4 Å².